The Hall–Kier alpha value is -1.32. The molecular weight excluding hydrogens is 556 g/mol. The van der Waals surface area contributed by atoms with Crippen LogP contribution in [0.3, 0.4) is 0 Å². The molecule has 0 aliphatic heterocycles. The fourth-order valence-corrected chi connectivity index (χ4v) is 6.24. The predicted octanol–water partition coefficient (Wildman–Crippen LogP) is 13.8. The van der Waals surface area contributed by atoms with E-state index in [-0.39, 0.29) is 12.1 Å². The van der Waals surface area contributed by atoms with Crippen LogP contribution in [0.4, 0.5) is 0 Å². The fourth-order valence-electron chi connectivity index (χ4n) is 6.24. The monoisotopic (exact) mass is 635 g/mol. The second kappa shape index (κ2) is 37.1. The van der Waals surface area contributed by atoms with E-state index in [4.69, 9.17) is 9.84 Å². The Balaban J connectivity index is 4.06. The van der Waals surface area contributed by atoms with Gasteiger partial charge in [0.05, 0.1) is 0 Å². The molecule has 0 heterocycles. The predicted molar refractivity (Wildman–Crippen MR) is 195 cm³/mol. The normalized spacial score (nSPS) is 12.2. The summed E-state index contributed by atoms with van der Waals surface area (Å²) in [6.45, 7) is 4.54. The molecule has 1 N–H and O–H groups in total. The summed E-state index contributed by atoms with van der Waals surface area (Å²) in [4.78, 5) is 23.3. The molecule has 0 aromatic carbocycles. The highest BCUT2D eigenvalue weighted by atomic mass is 16.5. The number of aliphatic carboxylic acids is 1. The van der Waals surface area contributed by atoms with Crippen molar-refractivity contribution in [2.24, 2.45) is 0 Å². The summed E-state index contributed by atoms with van der Waals surface area (Å²) in [5.74, 6) is -0.666. The van der Waals surface area contributed by atoms with Crippen molar-refractivity contribution in [1.29, 1.82) is 0 Å². The molecule has 0 aromatic rings. The summed E-state index contributed by atoms with van der Waals surface area (Å²) >= 11 is 0. The van der Waals surface area contributed by atoms with Crippen LogP contribution >= 0.6 is 0 Å². The highest BCUT2D eigenvalue weighted by molar-refractivity contribution is 5.69. The smallest absolute Gasteiger partial charge is 0.306 e. The number of hydrogen-bond acceptors (Lipinski definition) is 3. The first-order chi connectivity index (χ1) is 22.1. The van der Waals surface area contributed by atoms with E-state index in [9.17, 15) is 9.59 Å². The van der Waals surface area contributed by atoms with Crippen molar-refractivity contribution in [2.75, 3.05) is 0 Å². The molecule has 4 heteroatoms. The molecule has 0 amide bonds. The third kappa shape index (κ3) is 37.0. The highest BCUT2D eigenvalue weighted by Gasteiger charge is 2.14. The van der Waals surface area contributed by atoms with Crippen LogP contribution in [0.25, 0.3) is 0 Å². The lowest BCUT2D eigenvalue weighted by Crippen LogP contribution is -2.18. The van der Waals surface area contributed by atoms with Gasteiger partial charge in [0.2, 0.25) is 0 Å². The third-order valence-corrected chi connectivity index (χ3v) is 9.24. The van der Waals surface area contributed by atoms with Crippen LogP contribution in [0.5, 0.6) is 0 Å². The van der Waals surface area contributed by atoms with E-state index in [1.165, 1.54) is 154 Å². The maximum absolute atomic E-state index is 12.7. The Morgan fingerprint density at radius 1 is 0.467 bits per heavy atom. The first-order valence-corrected chi connectivity index (χ1v) is 20.2. The van der Waals surface area contributed by atoms with Gasteiger partial charge >= 0.3 is 11.9 Å². The fraction of sp³-hybridized carbons (Fsp3) is 0.902. The van der Waals surface area contributed by atoms with Gasteiger partial charge in [-0.15, -0.1) is 0 Å². The summed E-state index contributed by atoms with van der Waals surface area (Å²) in [5.41, 5.74) is 0. The quantitative estimate of drug-likeness (QED) is 0.0419. The third-order valence-electron chi connectivity index (χ3n) is 9.24. The molecule has 266 valence electrons. The highest BCUT2D eigenvalue weighted by Crippen LogP contribution is 2.19. The molecule has 0 aliphatic rings. The molecule has 0 rings (SSSR count). The van der Waals surface area contributed by atoms with E-state index in [1.807, 2.05) is 0 Å². The standard InChI is InChI=1S/C41H78O4/c1-3-5-7-9-11-13-15-16-17-19-21-26-30-34-38-41(44)45-39(36-32-28-24-22-25-29-33-37-40(42)43)35-31-27-23-20-18-14-12-10-8-6-4-2/h13,15,39H,3-12,14,16-38H2,1-2H3,(H,42,43)/b15-13-. The lowest BCUT2D eigenvalue weighted by atomic mass is 10.0. The first-order valence-electron chi connectivity index (χ1n) is 20.2. The second-order valence-corrected chi connectivity index (χ2v) is 13.8. The largest absolute Gasteiger partial charge is 0.481 e. The van der Waals surface area contributed by atoms with Crippen LogP contribution in [-0.2, 0) is 14.3 Å². The Bertz CT molecular complexity index is 643. The van der Waals surface area contributed by atoms with Gasteiger partial charge in [0.25, 0.3) is 0 Å². The number of carboxylic acid groups (broad SMARTS) is 1. The summed E-state index contributed by atoms with van der Waals surface area (Å²) in [5, 5.41) is 8.77. The maximum Gasteiger partial charge on any atom is 0.306 e. The minimum absolute atomic E-state index is 0.0191. The zero-order chi connectivity index (χ0) is 32.9. The van der Waals surface area contributed by atoms with Crippen LogP contribution in [0.15, 0.2) is 12.2 Å². The van der Waals surface area contributed by atoms with E-state index in [1.54, 1.807) is 0 Å². The van der Waals surface area contributed by atoms with Crippen molar-refractivity contribution in [2.45, 2.75) is 238 Å². The minimum atomic E-state index is -0.685. The summed E-state index contributed by atoms with van der Waals surface area (Å²) < 4.78 is 6.04. The van der Waals surface area contributed by atoms with Gasteiger partial charge in [-0.25, -0.2) is 0 Å². The van der Waals surface area contributed by atoms with Gasteiger partial charge in [0.15, 0.2) is 0 Å². The number of allylic oxidation sites excluding steroid dienone is 2. The number of ether oxygens (including phenoxy) is 1. The van der Waals surface area contributed by atoms with Gasteiger partial charge in [-0.1, -0.05) is 167 Å². The lowest BCUT2D eigenvalue weighted by molar-refractivity contribution is -0.150. The Kier molecular flexibility index (Phi) is 36.1. The SMILES string of the molecule is CCCCCC/C=C\CCCCCCCCC(=O)OC(CCCCCCCCCCCCC)CCCCCCCCCC(=O)O. The summed E-state index contributed by atoms with van der Waals surface area (Å²) in [6.07, 6.45) is 45.2. The molecule has 0 spiro atoms. The van der Waals surface area contributed by atoms with E-state index in [0.29, 0.717) is 12.8 Å². The van der Waals surface area contributed by atoms with Crippen LogP contribution < -0.4 is 0 Å². The molecule has 0 saturated carbocycles. The molecule has 0 saturated heterocycles. The van der Waals surface area contributed by atoms with Crippen molar-refractivity contribution in [3.63, 3.8) is 0 Å². The Labute approximate surface area is 281 Å². The molecule has 0 bridgehead atoms. The van der Waals surface area contributed by atoms with Gasteiger partial charge in [-0.2, -0.15) is 0 Å². The number of rotatable bonds is 37. The zero-order valence-electron chi connectivity index (χ0n) is 30.4. The molecule has 0 aliphatic carbocycles. The van der Waals surface area contributed by atoms with E-state index in [2.05, 4.69) is 26.0 Å². The number of carboxylic acids is 1. The molecule has 45 heavy (non-hydrogen) atoms. The molecule has 1 atom stereocenters. The van der Waals surface area contributed by atoms with Crippen molar-refractivity contribution in [3.05, 3.63) is 12.2 Å². The minimum Gasteiger partial charge on any atom is -0.481 e. The molecule has 4 nitrogen and oxygen atoms in total. The van der Waals surface area contributed by atoms with Gasteiger partial charge < -0.3 is 9.84 Å². The lowest BCUT2D eigenvalue weighted by Gasteiger charge is -2.18. The Morgan fingerprint density at radius 3 is 1.22 bits per heavy atom. The van der Waals surface area contributed by atoms with Gasteiger partial charge in [0.1, 0.15) is 6.10 Å². The first kappa shape index (κ1) is 43.7. The van der Waals surface area contributed by atoms with E-state index >= 15 is 0 Å². The number of carbonyl (C=O) groups is 2. The molecule has 1 unspecified atom stereocenters. The zero-order valence-corrected chi connectivity index (χ0v) is 30.4. The Morgan fingerprint density at radius 2 is 0.800 bits per heavy atom. The van der Waals surface area contributed by atoms with Crippen LogP contribution in [0, 0.1) is 0 Å². The van der Waals surface area contributed by atoms with Crippen molar-refractivity contribution < 1.29 is 19.4 Å². The average Bonchev–Trinajstić information content (AvgIpc) is 3.02. The van der Waals surface area contributed by atoms with E-state index in [0.717, 1.165) is 51.4 Å². The van der Waals surface area contributed by atoms with Crippen LogP contribution in [-0.4, -0.2) is 23.1 Å². The molecule has 0 aromatic heterocycles. The van der Waals surface area contributed by atoms with Crippen LogP contribution in [0.1, 0.15) is 232 Å². The van der Waals surface area contributed by atoms with Crippen molar-refractivity contribution in [1.82, 2.24) is 0 Å². The van der Waals surface area contributed by atoms with Crippen LogP contribution in [0.2, 0.25) is 0 Å². The maximum atomic E-state index is 12.7. The van der Waals surface area contributed by atoms with E-state index < -0.39 is 5.97 Å². The number of carbonyl (C=O) groups excluding carboxylic acids is 1. The number of esters is 1. The molecular formula is C41H78O4. The molecule has 0 radical (unpaired) electrons. The van der Waals surface area contributed by atoms with Gasteiger partial charge in [-0.3, -0.25) is 9.59 Å². The summed E-state index contributed by atoms with van der Waals surface area (Å²) in [6, 6.07) is 0. The summed E-state index contributed by atoms with van der Waals surface area (Å²) in [7, 11) is 0. The topological polar surface area (TPSA) is 63.6 Å². The van der Waals surface area contributed by atoms with Crippen molar-refractivity contribution in [3.8, 4) is 0 Å². The van der Waals surface area contributed by atoms with Crippen molar-refractivity contribution >= 4 is 11.9 Å². The second-order valence-electron chi connectivity index (χ2n) is 13.8. The average molecular weight is 635 g/mol. The van der Waals surface area contributed by atoms with Gasteiger partial charge in [-0.05, 0) is 64.2 Å². The number of hydrogen-bond donors (Lipinski definition) is 1. The number of unbranched alkanes of at least 4 members (excludes halogenated alkanes) is 26. The molecule has 0 fully saturated rings. The van der Waals surface area contributed by atoms with Gasteiger partial charge in [0, 0.05) is 12.8 Å².